The Bertz CT molecular complexity index is 1260. The molecule has 386 valence electrons. The molecular formula is C61H106O6. The lowest BCUT2D eigenvalue weighted by atomic mass is 10.1. The van der Waals surface area contributed by atoms with E-state index in [2.05, 4.69) is 93.7 Å². The van der Waals surface area contributed by atoms with E-state index in [4.69, 9.17) is 14.2 Å². The lowest BCUT2D eigenvalue weighted by molar-refractivity contribution is -0.167. The summed E-state index contributed by atoms with van der Waals surface area (Å²) in [6.45, 7) is 6.55. The lowest BCUT2D eigenvalue weighted by Crippen LogP contribution is -2.30. The number of carbonyl (C=O) groups excluding carboxylic acids is 3. The van der Waals surface area contributed by atoms with Gasteiger partial charge in [-0.3, -0.25) is 14.4 Å². The molecule has 0 heterocycles. The van der Waals surface area contributed by atoms with Crippen LogP contribution in [0.4, 0.5) is 0 Å². The van der Waals surface area contributed by atoms with Gasteiger partial charge in [0.25, 0.3) is 0 Å². The lowest BCUT2D eigenvalue weighted by Gasteiger charge is -2.18. The highest BCUT2D eigenvalue weighted by molar-refractivity contribution is 5.71. The molecule has 0 unspecified atom stereocenters. The minimum atomic E-state index is -0.797. The van der Waals surface area contributed by atoms with Crippen LogP contribution in [0.3, 0.4) is 0 Å². The SMILES string of the molecule is CCCCC/C=C\C/C=C\C/C=C\CCCCC(=O)OC[C@@H](COC(=O)CCCCCCCCCCC/C=C\C/C=C\CCCCC)OC(=O)CCCCCCC/C=C\CCCCCCCC. The molecule has 0 N–H and O–H groups in total. The highest BCUT2D eigenvalue weighted by Crippen LogP contribution is 2.14. The van der Waals surface area contributed by atoms with Crippen molar-refractivity contribution in [2.45, 2.75) is 284 Å². The van der Waals surface area contributed by atoms with E-state index in [1.54, 1.807) is 0 Å². The predicted molar refractivity (Wildman–Crippen MR) is 288 cm³/mol. The summed E-state index contributed by atoms with van der Waals surface area (Å²) < 4.78 is 16.8. The van der Waals surface area contributed by atoms with Crippen LogP contribution < -0.4 is 0 Å². The van der Waals surface area contributed by atoms with Gasteiger partial charge in [-0.2, -0.15) is 0 Å². The second kappa shape index (κ2) is 55.4. The van der Waals surface area contributed by atoms with E-state index in [1.165, 1.54) is 148 Å². The topological polar surface area (TPSA) is 78.9 Å². The van der Waals surface area contributed by atoms with Crippen LogP contribution in [0.25, 0.3) is 0 Å². The average Bonchev–Trinajstić information content (AvgIpc) is 3.33. The van der Waals surface area contributed by atoms with Crippen LogP contribution in [0.2, 0.25) is 0 Å². The molecule has 0 saturated carbocycles. The number of allylic oxidation sites excluding steroid dienone is 12. The maximum Gasteiger partial charge on any atom is 0.306 e. The second-order valence-electron chi connectivity index (χ2n) is 18.8. The third-order valence-corrected chi connectivity index (χ3v) is 12.2. The third-order valence-electron chi connectivity index (χ3n) is 12.2. The molecule has 0 spiro atoms. The number of esters is 3. The van der Waals surface area contributed by atoms with Crippen molar-refractivity contribution in [3.63, 3.8) is 0 Å². The first-order chi connectivity index (χ1) is 33.0. The van der Waals surface area contributed by atoms with Gasteiger partial charge < -0.3 is 14.2 Å². The normalized spacial score (nSPS) is 12.6. The summed E-state index contributed by atoms with van der Waals surface area (Å²) >= 11 is 0. The molecule has 0 bridgehead atoms. The summed E-state index contributed by atoms with van der Waals surface area (Å²) in [6, 6.07) is 0. The van der Waals surface area contributed by atoms with Gasteiger partial charge in [-0.15, -0.1) is 0 Å². The Balaban J connectivity index is 4.43. The maximum atomic E-state index is 12.8. The number of unbranched alkanes of at least 4 members (excludes halogenated alkanes) is 28. The fourth-order valence-electron chi connectivity index (χ4n) is 7.83. The van der Waals surface area contributed by atoms with Crippen LogP contribution in [0.15, 0.2) is 72.9 Å². The molecule has 0 aliphatic rings. The molecule has 6 heteroatoms. The molecule has 0 aliphatic carbocycles. The molecule has 0 fully saturated rings. The van der Waals surface area contributed by atoms with Gasteiger partial charge in [-0.1, -0.05) is 216 Å². The van der Waals surface area contributed by atoms with Crippen LogP contribution in [-0.4, -0.2) is 37.2 Å². The largest absolute Gasteiger partial charge is 0.462 e. The number of rotatable bonds is 51. The molecule has 67 heavy (non-hydrogen) atoms. The Morgan fingerprint density at radius 1 is 0.299 bits per heavy atom. The van der Waals surface area contributed by atoms with Gasteiger partial charge in [0.05, 0.1) is 0 Å². The van der Waals surface area contributed by atoms with E-state index in [1.807, 2.05) is 0 Å². The zero-order valence-corrected chi connectivity index (χ0v) is 44.2. The van der Waals surface area contributed by atoms with Crippen LogP contribution in [-0.2, 0) is 28.6 Å². The quantitative estimate of drug-likeness (QED) is 0.0262. The zero-order valence-electron chi connectivity index (χ0n) is 44.2. The Kier molecular flexibility index (Phi) is 52.8. The molecular weight excluding hydrogens is 829 g/mol. The number of hydrogen-bond donors (Lipinski definition) is 0. The smallest absolute Gasteiger partial charge is 0.306 e. The zero-order chi connectivity index (χ0) is 48.6. The second-order valence-corrected chi connectivity index (χ2v) is 18.8. The van der Waals surface area contributed by atoms with Gasteiger partial charge in [0.15, 0.2) is 6.10 Å². The Morgan fingerprint density at radius 3 is 0.910 bits per heavy atom. The number of hydrogen-bond acceptors (Lipinski definition) is 6. The summed E-state index contributed by atoms with van der Waals surface area (Å²) in [4.78, 5) is 38.1. The number of carbonyl (C=O) groups is 3. The van der Waals surface area contributed by atoms with Crippen molar-refractivity contribution in [3.05, 3.63) is 72.9 Å². The fraction of sp³-hybridized carbons (Fsp3) is 0.754. The monoisotopic (exact) mass is 935 g/mol. The van der Waals surface area contributed by atoms with Crippen molar-refractivity contribution in [2.75, 3.05) is 13.2 Å². The predicted octanol–water partition coefficient (Wildman–Crippen LogP) is 19.0. The summed E-state index contributed by atoms with van der Waals surface area (Å²) in [5.74, 6) is -0.938. The highest BCUT2D eigenvalue weighted by Gasteiger charge is 2.19. The van der Waals surface area contributed by atoms with Crippen molar-refractivity contribution < 1.29 is 28.6 Å². The minimum Gasteiger partial charge on any atom is -0.462 e. The summed E-state index contributed by atoms with van der Waals surface area (Å²) in [5, 5.41) is 0. The van der Waals surface area contributed by atoms with E-state index in [-0.39, 0.29) is 31.1 Å². The molecule has 0 radical (unpaired) electrons. The van der Waals surface area contributed by atoms with Crippen molar-refractivity contribution in [2.24, 2.45) is 0 Å². The Labute approximate surface area is 414 Å². The molecule has 0 aromatic rings. The molecule has 6 nitrogen and oxygen atoms in total. The van der Waals surface area contributed by atoms with Crippen LogP contribution in [0.1, 0.15) is 278 Å². The van der Waals surface area contributed by atoms with Gasteiger partial charge in [0.1, 0.15) is 13.2 Å². The minimum absolute atomic E-state index is 0.0926. The summed E-state index contributed by atoms with van der Waals surface area (Å²) in [5.41, 5.74) is 0. The van der Waals surface area contributed by atoms with Crippen molar-refractivity contribution in [3.8, 4) is 0 Å². The summed E-state index contributed by atoms with van der Waals surface area (Å²) in [7, 11) is 0. The fourth-order valence-corrected chi connectivity index (χ4v) is 7.83. The van der Waals surface area contributed by atoms with Gasteiger partial charge in [-0.05, 0) is 116 Å². The summed E-state index contributed by atoms with van der Waals surface area (Å²) in [6.07, 6.45) is 70.3. The van der Waals surface area contributed by atoms with E-state index in [0.29, 0.717) is 19.3 Å². The maximum absolute atomic E-state index is 12.8. The first kappa shape index (κ1) is 63.8. The molecule has 1 atom stereocenters. The van der Waals surface area contributed by atoms with Gasteiger partial charge in [0, 0.05) is 19.3 Å². The van der Waals surface area contributed by atoms with Crippen molar-refractivity contribution >= 4 is 17.9 Å². The molecule has 0 amide bonds. The first-order valence-corrected chi connectivity index (χ1v) is 28.4. The van der Waals surface area contributed by atoms with Crippen molar-refractivity contribution in [1.29, 1.82) is 0 Å². The van der Waals surface area contributed by atoms with E-state index in [9.17, 15) is 14.4 Å². The van der Waals surface area contributed by atoms with E-state index >= 15 is 0 Å². The number of ether oxygens (including phenoxy) is 3. The van der Waals surface area contributed by atoms with Gasteiger partial charge >= 0.3 is 17.9 Å². The van der Waals surface area contributed by atoms with Crippen LogP contribution in [0.5, 0.6) is 0 Å². The van der Waals surface area contributed by atoms with E-state index in [0.717, 1.165) is 89.9 Å². The molecule has 0 aromatic heterocycles. The Morgan fingerprint density at radius 2 is 0.537 bits per heavy atom. The van der Waals surface area contributed by atoms with Gasteiger partial charge in [0.2, 0.25) is 0 Å². The van der Waals surface area contributed by atoms with Crippen LogP contribution in [0, 0.1) is 0 Å². The van der Waals surface area contributed by atoms with Crippen molar-refractivity contribution in [1.82, 2.24) is 0 Å². The third kappa shape index (κ3) is 53.7. The average molecular weight is 936 g/mol. The van der Waals surface area contributed by atoms with Crippen LogP contribution >= 0.6 is 0 Å². The standard InChI is InChI=1S/C61H106O6/c1-4-7-10-13-16-19-22-25-28-29-30-31-34-36-39-42-45-48-51-54-60(63)66-57-58(67-61(64)55-52-49-46-43-40-37-33-27-24-21-18-15-12-9-6-3)56-65-59(62)53-50-47-44-41-38-35-32-26-23-20-17-14-11-8-5-2/h16-17,19-20,25-28,32-33,38,41,58H,4-15,18,21-24,29-31,34-37,39-40,42-57H2,1-3H3/b19-16-,20-17-,28-25-,32-26-,33-27-,41-38-/t58-/m0/s1. The van der Waals surface area contributed by atoms with E-state index < -0.39 is 6.10 Å². The highest BCUT2D eigenvalue weighted by atomic mass is 16.6. The van der Waals surface area contributed by atoms with Gasteiger partial charge in [-0.25, -0.2) is 0 Å². The molecule has 0 saturated heterocycles. The molecule has 0 aliphatic heterocycles. The first-order valence-electron chi connectivity index (χ1n) is 28.4. The Hall–Kier alpha value is -3.15. The molecule has 0 rings (SSSR count). The molecule has 0 aromatic carbocycles.